The minimum Gasteiger partial charge on any atom is -0.482 e. The molecule has 2 N–H and O–H groups in total. The molecular formula is C23H26Cl2F3N3O2. The Bertz CT molecular complexity index is 964. The van der Waals surface area contributed by atoms with Crippen LogP contribution in [-0.2, 0) is 11.0 Å². The fourth-order valence-corrected chi connectivity index (χ4v) is 3.99. The lowest BCUT2D eigenvalue weighted by molar-refractivity contribution is -0.137. The van der Waals surface area contributed by atoms with E-state index in [4.69, 9.17) is 27.9 Å². The van der Waals surface area contributed by atoms with E-state index in [1.807, 2.05) is 0 Å². The Hall–Kier alpha value is -2.16. The Morgan fingerprint density at radius 2 is 1.85 bits per heavy atom. The zero-order valence-electron chi connectivity index (χ0n) is 18.1. The topological polar surface area (TPSA) is 53.6 Å². The number of halogens is 5. The van der Waals surface area contributed by atoms with Gasteiger partial charge in [0, 0.05) is 18.8 Å². The minimum absolute atomic E-state index is 0.0134. The van der Waals surface area contributed by atoms with Crippen LogP contribution in [0.25, 0.3) is 0 Å². The highest BCUT2D eigenvalue weighted by Gasteiger charge is 2.31. The Balaban J connectivity index is 1.46. The summed E-state index contributed by atoms with van der Waals surface area (Å²) in [5.74, 6) is 0.284. The monoisotopic (exact) mass is 503 g/mol. The largest absolute Gasteiger partial charge is 0.482 e. The number of hydrogen-bond donors (Lipinski definition) is 2. The number of ether oxygens (including phenoxy) is 1. The molecule has 0 bridgehead atoms. The van der Waals surface area contributed by atoms with Crippen molar-refractivity contribution in [2.45, 2.75) is 25.9 Å². The number of carbonyl (C=O) groups excluding carboxylic acids is 1. The Morgan fingerprint density at radius 1 is 1.12 bits per heavy atom. The van der Waals surface area contributed by atoms with Crippen molar-refractivity contribution in [1.82, 2.24) is 4.90 Å². The minimum atomic E-state index is -4.51. The van der Waals surface area contributed by atoms with Gasteiger partial charge in [-0.15, -0.1) is 0 Å². The van der Waals surface area contributed by atoms with Crippen molar-refractivity contribution < 1.29 is 22.7 Å². The summed E-state index contributed by atoms with van der Waals surface area (Å²) < 4.78 is 43.4. The molecular weight excluding hydrogens is 478 g/mol. The van der Waals surface area contributed by atoms with Crippen LogP contribution in [0.2, 0.25) is 10.0 Å². The van der Waals surface area contributed by atoms with Crippen LogP contribution in [0.3, 0.4) is 0 Å². The number of likely N-dealkylation sites (tertiary alicyclic amines) is 1. The zero-order chi connectivity index (χ0) is 24.0. The quantitative estimate of drug-likeness (QED) is 0.451. The number of benzene rings is 2. The molecule has 1 heterocycles. The highest BCUT2D eigenvalue weighted by atomic mass is 35.5. The van der Waals surface area contributed by atoms with Crippen LogP contribution < -0.4 is 15.4 Å². The molecule has 0 saturated carbocycles. The Labute approximate surface area is 201 Å². The number of nitrogens with one attached hydrogen (secondary N) is 2. The molecule has 3 rings (SSSR count). The van der Waals surface area contributed by atoms with Crippen molar-refractivity contribution in [1.29, 1.82) is 0 Å². The average Bonchev–Trinajstić information content (AvgIpc) is 2.75. The molecule has 1 amide bonds. The number of carbonyl (C=O) groups is 1. The second-order valence-corrected chi connectivity index (χ2v) is 8.94. The van der Waals surface area contributed by atoms with Gasteiger partial charge in [0.25, 0.3) is 5.91 Å². The summed E-state index contributed by atoms with van der Waals surface area (Å²) in [5, 5.41) is 6.19. The standard InChI is InChI=1S/C23H26Cl2F3N3O2/c1-15-6-9-31(10-7-15)11-8-29-20-4-3-17(13-18(20)24)30-22(32)14-33-21-5-2-16(12-19(21)25)23(26,27)28/h2-5,12-13,15,29H,6-11,14H2,1H3,(H,30,32). The zero-order valence-corrected chi connectivity index (χ0v) is 19.7. The molecule has 0 aromatic heterocycles. The van der Waals surface area contributed by atoms with Gasteiger partial charge >= 0.3 is 6.18 Å². The number of nitrogens with zero attached hydrogens (tertiary/aromatic N) is 1. The molecule has 180 valence electrons. The molecule has 2 aromatic rings. The predicted octanol–water partition coefficient (Wildman–Crippen LogP) is 6.17. The average molecular weight is 504 g/mol. The summed E-state index contributed by atoms with van der Waals surface area (Å²) >= 11 is 12.2. The molecule has 2 aromatic carbocycles. The van der Waals surface area contributed by atoms with Gasteiger partial charge in [-0.3, -0.25) is 4.79 Å². The van der Waals surface area contributed by atoms with Gasteiger partial charge in [-0.1, -0.05) is 30.1 Å². The SMILES string of the molecule is CC1CCN(CCNc2ccc(NC(=O)COc3ccc(C(F)(F)F)cc3Cl)cc2Cl)CC1. The van der Waals surface area contributed by atoms with E-state index in [1.54, 1.807) is 18.2 Å². The molecule has 0 aliphatic carbocycles. The number of anilines is 2. The maximum absolute atomic E-state index is 12.7. The predicted molar refractivity (Wildman–Crippen MR) is 125 cm³/mol. The molecule has 5 nitrogen and oxygen atoms in total. The Morgan fingerprint density at radius 3 is 2.48 bits per heavy atom. The molecule has 0 radical (unpaired) electrons. The molecule has 1 saturated heterocycles. The molecule has 0 atom stereocenters. The fourth-order valence-electron chi connectivity index (χ4n) is 3.51. The number of alkyl halides is 3. The molecule has 1 fully saturated rings. The molecule has 0 unspecified atom stereocenters. The van der Waals surface area contributed by atoms with Crippen molar-refractivity contribution in [2.24, 2.45) is 5.92 Å². The first kappa shape index (κ1) is 25.5. The first-order chi connectivity index (χ1) is 15.6. The van der Waals surface area contributed by atoms with E-state index in [1.165, 1.54) is 12.8 Å². The number of rotatable bonds is 8. The second-order valence-electron chi connectivity index (χ2n) is 8.13. The molecule has 1 aliphatic heterocycles. The van der Waals surface area contributed by atoms with Gasteiger partial charge in [0.1, 0.15) is 5.75 Å². The van der Waals surface area contributed by atoms with Crippen LogP contribution in [-0.4, -0.2) is 43.6 Å². The van der Waals surface area contributed by atoms with Crippen LogP contribution >= 0.6 is 23.2 Å². The van der Waals surface area contributed by atoms with Crippen LogP contribution in [0.4, 0.5) is 24.5 Å². The maximum Gasteiger partial charge on any atom is 0.416 e. The van der Waals surface area contributed by atoms with E-state index in [0.29, 0.717) is 10.7 Å². The number of piperidine rings is 1. The van der Waals surface area contributed by atoms with Crippen LogP contribution in [0.1, 0.15) is 25.3 Å². The Kier molecular flexibility index (Phi) is 8.73. The van der Waals surface area contributed by atoms with Crippen molar-refractivity contribution in [3.05, 3.63) is 52.0 Å². The smallest absolute Gasteiger partial charge is 0.416 e. The highest BCUT2D eigenvalue weighted by Crippen LogP contribution is 2.34. The number of hydrogen-bond acceptors (Lipinski definition) is 4. The fraction of sp³-hybridized carbons (Fsp3) is 0.435. The van der Waals surface area contributed by atoms with Gasteiger partial charge in [-0.2, -0.15) is 13.2 Å². The third-order valence-electron chi connectivity index (χ3n) is 5.49. The lowest BCUT2D eigenvalue weighted by Gasteiger charge is -2.30. The highest BCUT2D eigenvalue weighted by molar-refractivity contribution is 6.33. The summed E-state index contributed by atoms with van der Waals surface area (Å²) in [4.78, 5) is 14.6. The van der Waals surface area contributed by atoms with Crippen molar-refractivity contribution in [3.8, 4) is 5.75 Å². The normalized spacial score (nSPS) is 15.3. The lowest BCUT2D eigenvalue weighted by Crippen LogP contribution is -2.36. The third-order valence-corrected chi connectivity index (χ3v) is 6.10. The summed E-state index contributed by atoms with van der Waals surface area (Å²) in [7, 11) is 0. The van der Waals surface area contributed by atoms with E-state index in [0.717, 1.165) is 56.0 Å². The van der Waals surface area contributed by atoms with Gasteiger partial charge in [0.15, 0.2) is 6.61 Å². The first-order valence-corrected chi connectivity index (χ1v) is 11.4. The van der Waals surface area contributed by atoms with Crippen LogP contribution in [0, 0.1) is 5.92 Å². The van der Waals surface area contributed by atoms with Gasteiger partial charge in [0.05, 0.1) is 21.3 Å². The van der Waals surface area contributed by atoms with Gasteiger partial charge in [0.2, 0.25) is 0 Å². The third kappa shape index (κ3) is 7.69. The summed E-state index contributed by atoms with van der Waals surface area (Å²) in [6.45, 7) is 5.79. The van der Waals surface area contributed by atoms with Gasteiger partial charge in [-0.05, 0) is 68.2 Å². The molecule has 33 heavy (non-hydrogen) atoms. The van der Waals surface area contributed by atoms with E-state index >= 15 is 0 Å². The van der Waals surface area contributed by atoms with Crippen molar-refractivity contribution >= 4 is 40.5 Å². The van der Waals surface area contributed by atoms with Gasteiger partial charge in [-0.25, -0.2) is 0 Å². The number of amides is 1. The summed E-state index contributed by atoms with van der Waals surface area (Å²) in [6, 6.07) is 7.79. The lowest BCUT2D eigenvalue weighted by atomic mass is 9.99. The van der Waals surface area contributed by atoms with Crippen LogP contribution in [0.5, 0.6) is 5.75 Å². The second kappa shape index (κ2) is 11.3. The van der Waals surface area contributed by atoms with Crippen molar-refractivity contribution in [3.63, 3.8) is 0 Å². The first-order valence-electron chi connectivity index (χ1n) is 10.7. The van der Waals surface area contributed by atoms with E-state index in [2.05, 4.69) is 22.5 Å². The van der Waals surface area contributed by atoms with E-state index < -0.39 is 24.3 Å². The van der Waals surface area contributed by atoms with E-state index in [-0.39, 0.29) is 10.8 Å². The molecule has 10 heteroatoms. The molecule has 1 aliphatic rings. The summed E-state index contributed by atoms with van der Waals surface area (Å²) in [5.41, 5.74) is 0.355. The molecule has 0 spiro atoms. The van der Waals surface area contributed by atoms with Crippen LogP contribution in [0.15, 0.2) is 36.4 Å². The van der Waals surface area contributed by atoms with Crippen molar-refractivity contribution in [2.75, 3.05) is 43.4 Å². The van der Waals surface area contributed by atoms with Gasteiger partial charge < -0.3 is 20.3 Å². The van der Waals surface area contributed by atoms with E-state index in [9.17, 15) is 18.0 Å². The maximum atomic E-state index is 12.7. The summed E-state index contributed by atoms with van der Waals surface area (Å²) in [6.07, 6.45) is -2.06.